The molecule has 1 aromatic heterocycles. The summed E-state index contributed by atoms with van der Waals surface area (Å²) in [5.41, 5.74) is 12.7. The third-order valence-corrected chi connectivity index (χ3v) is 13.3. The van der Waals surface area contributed by atoms with Crippen molar-refractivity contribution in [1.82, 2.24) is 0 Å². The van der Waals surface area contributed by atoms with Gasteiger partial charge in [-0.05, 0) is 112 Å². The molecule has 264 valence electrons. The summed E-state index contributed by atoms with van der Waals surface area (Å²) < 4.78 is 2.74. The summed E-state index contributed by atoms with van der Waals surface area (Å²) in [6.45, 7) is 4.86. The maximum Gasteiger partial charge on any atom is 0.0440 e. The molecule has 0 aliphatic heterocycles. The van der Waals surface area contributed by atoms with Crippen LogP contribution in [0.4, 0.5) is 0 Å². The first-order valence-electron chi connectivity index (χ1n) is 19.5. The molecule has 0 unspecified atom stereocenters. The van der Waals surface area contributed by atoms with E-state index in [1.54, 1.807) is 0 Å². The maximum absolute atomic E-state index is 2.49. The van der Waals surface area contributed by atoms with E-state index in [1.807, 2.05) is 11.3 Å². The summed E-state index contributed by atoms with van der Waals surface area (Å²) in [5, 5.41) is 10.4. The second kappa shape index (κ2) is 12.8. The smallest absolute Gasteiger partial charge is 0.0440 e. The van der Waals surface area contributed by atoms with E-state index in [-0.39, 0.29) is 5.41 Å². The SMILES string of the molecule is CC1(C)c2cc(-c3ccccccc(-c4ccc5cc(-c6ccccc6)ccc5c4)c4ccccc34)ccc2-c2c1c1ccccc1c1sc3ccccc3c21. The Morgan fingerprint density at radius 1 is 0.375 bits per heavy atom. The Bertz CT molecular complexity index is 3270. The lowest BCUT2D eigenvalue weighted by Gasteiger charge is -2.24. The highest BCUT2D eigenvalue weighted by atomic mass is 32.1. The van der Waals surface area contributed by atoms with Crippen molar-refractivity contribution in [2.75, 3.05) is 0 Å². The zero-order valence-electron chi connectivity index (χ0n) is 31.4. The fourth-order valence-corrected chi connectivity index (χ4v) is 10.7. The van der Waals surface area contributed by atoms with E-state index in [0.29, 0.717) is 0 Å². The quantitative estimate of drug-likeness (QED) is 0.170. The van der Waals surface area contributed by atoms with Crippen molar-refractivity contribution in [3.05, 3.63) is 205 Å². The summed E-state index contributed by atoms with van der Waals surface area (Å²) in [7, 11) is 0. The van der Waals surface area contributed by atoms with Crippen molar-refractivity contribution in [2.24, 2.45) is 0 Å². The second-order valence-corrected chi connectivity index (χ2v) is 16.7. The highest BCUT2D eigenvalue weighted by Gasteiger charge is 2.39. The van der Waals surface area contributed by atoms with Gasteiger partial charge in [0.1, 0.15) is 0 Å². The lowest BCUT2D eigenvalue weighted by Crippen LogP contribution is -2.15. The molecular formula is C55H38S. The fourth-order valence-electron chi connectivity index (χ4n) is 9.43. The standard InChI is InChI=1S/C55H38S/c1-55(2)49-34-40(30-31-47(49)51-52-48-24-14-15-25-50(48)56-54(52)46-23-13-12-22-45(46)53(51)55)42-19-9-4-3-8-18-41(43-20-10-11-21-44(42)43)39-29-28-37-32-36(26-27-38(37)33-39)35-16-6-5-7-17-35/h3-34H,1-2H3. The van der Waals surface area contributed by atoms with Crippen molar-refractivity contribution in [1.29, 1.82) is 0 Å². The van der Waals surface area contributed by atoms with Crippen LogP contribution in [-0.4, -0.2) is 0 Å². The van der Waals surface area contributed by atoms with Gasteiger partial charge in [0, 0.05) is 25.6 Å². The van der Waals surface area contributed by atoms with Crippen LogP contribution in [0.5, 0.6) is 0 Å². The Hall–Kier alpha value is -6.54. The number of fused-ring (bicyclic) bond motifs is 12. The predicted octanol–water partition coefficient (Wildman–Crippen LogP) is 15.9. The van der Waals surface area contributed by atoms with Crippen molar-refractivity contribution in [3.8, 4) is 44.5 Å². The molecule has 0 fully saturated rings. The normalized spacial score (nSPS) is 13.0. The molecule has 1 heteroatoms. The van der Waals surface area contributed by atoms with Crippen LogP contribution in [0.2, 0.25) is 0 Å². The van der Waals surface area contributed by atoms with Crippen LogP contribution in [0, 0.1) is 0 Å². The molecule has 0 atom stereocenters. The molecular weight excluding hydrogens is 693 g/mol. The molecule has 0 bridgehead atoms. The first kappa shape index (κ1) is 32.9. The zero-order valence-corrected chi connectivity index (χ0v) is 32.2. The van der Waals surface area contributed by atoms with Gasteiger partial charge in [0.15, 0.2) is 0 Å². The van der Waals surface area contributed by atoms with E-state index in [4.69, 9.17) is 0 Å². The average molecular weight is 731 g/mol. The van der Waals surface area contributed by atoms with E-state index >= 15 is 0 Å². The van der Waals surface area contributed by atoms with E-state index in [9.17, 15) is 0 Å². The first-order valence-corrected chi connectivity index (χ1v) is 20.3. The van der Waals surface area contributed by atoms with E-state index in [0.717, 1.165) is 0 Å². The Morgan fingerprint density at radius 3 is 1.61 bits per heavy atom. The number of thiophene rings is 1. The molecule has 0 N–H and O–H groups in total. The van der Waals surface area contributed by atoms with E-state index in [1.165, 1.54) is 108 Å². The maximum atomic E-state index is 2.49. The zero-order chi connectivity index (χ0) is 37.4. The van der Waals surface area contributed by atoms with Gasteiger partial charge in [-0.25, -0.2) is 0 Å². The average Bonchev–Trinajstić information content (AvgIpc) is 3.74. The molecule has 1 heterocycles. The molecule has 0 saturated heterocycles. The molecule has 1 aliphatic rings. The molecule has 0 nitrogen and oxygen atoms in total. The predicted molar refractivity (Wildman–Crippen MR) is 243 cm³/mol. The molecule has 11 rings (SSSR count). The molecule has 9 aromatic carbocycles. The third-order valence-electron chi connectivity index (χ3n) is 12.1. The summed E-state index contributed by atoms with van der Waals surface area (Å²) >= 11 is 1.93. The minimum atomic E-state index is -0.192. The van der Waals surface area contributed by atoms with Crippen LogP contribution in [0.1, 0.15) is 25.0 Å². The van der Waals surface area contributed by atoms with Crippen LogP contribution in [0.3, 0.4) is 0 Å². The third kappa shape index (κ3) is 5.05. The Kier molecular flexibility index (Phi) is 7.49. The summed E-state index contributed by atoms with van der Waals surface area (Å²) in [4.78, 5) is 0. The Labute approximate surface area is 331 Å². The molecule has 10 aromatic rings. The van der Waals surface area contributed by atoms with Gasteiger partial charge in [-0.3, -0.25) is 0 Å². The summed E-state index contributed by atoms with van der Waals surface area (Å²) in [5.74, 6) is 0. The second-order valence-electron chi connectivity index (χ2n) is 15.6. The van der Waals surface area contributed by atoms with Gasteiger partial charge in [0.25, 0.3) is 0 Å². The first-order chi connectivity index (χ1) is 27.5. The fraction of sp³-hybridized carbons (Fsp3) is 0.0545. The molecule has 0 saturated carbocycles. The Balaban J connectivity index is 1.12. The van der Waals surface area contributed by atoms with Gasteiger partial charge < -0.3 is 0 Å². The van der Waals surface area contributed by atoms with Crippen LogP contribution in [0.15, 0.2) is 194 Å². The highest BCUT2D eigenvalue weighted by molar-refractivity contribution is 7.26. The van der Waals surface area contributed by atoms with Crippen LogP contribution in [0.25, 0.3) is 97.0 Å². The lowest BCUT2D eigenvalue weighted by atomic mass is 9.79. The highest BCUT2D eigenvalue weighted by Crippen LogP contribution is 2.57. The van der Waals surface area contributed by atoms with Gasteiger partial charge in [0.2, 0.25) is 0 Å². The lowest BCUT2D eigenvalue weighted by molar-refractivity contribution is 0.667. The van der Waals surface area contributed by atoms with Gasteiger partial charge in [-0.2, -0.15) is 0 Å². The van der Waals surface area contributed by atoms with Crippen molar-refractivity contribution in [2.45, 2.75) is 19.3 Å². The molecule has 0 radical (unpaired) electrons. The van der Waals surface area contributed by atoms with Crippen molar-refractivity contribution < 1.29 is 0 Å². The van der Waals surface area contributed by atoms with Gasteiger partial charge in [-0.15, -0.1) is 11.3 Å². The number of benzene rings is 8. The van der Waals surface area contributed by atoms with Gasteiger partial charge in [-0.1, -0.05) is 184 Å². The van der Waals surface area contributed by atoms with Gasteiger partial charge in [0.05, 0.1) is 0 Å². The van der Waals surface area contributed by atoms with Crippen LogP contribution in [-0.2, 0) is 5.41 Å². The van der Waals surface area contributed by atoms with Gasteiger partial charge >= 0.3 is 0 Å². The molecule has 1 aliphatic carbocycles. The number of hydrogen-bond acceptors (Lipinski definition) is 1. The Morgan fingerprint density at radius 2 is 0.893 bits per heavy atom. The molecule has 0 spiro atoms. The minimum absolute atomic E-state index is 0.192. The van der Waals surface area contributed by atoms with Crippen LogP contribution >= 0.6 is 11.3 Å². The topological polar surface area (TPSA) is 0 Å². The van der Waals surface area contributed by atoms with E-state index < -0.39 is 0 Å². The number of hydrogen-bond donors (Lipinski definition) is 0. The summed E-state index contributed by atoms with van der Waals surface area (Å²) in [6.07, 6.45) is 0. The number of rotatable bonds is 3. The molecule has 0 amide bonds. The summed E-state index contributed by atoms with van der Waals surface area (Å²) in [6, 6.07) is 71.8. The van der Waals surface area contributed by atoms with Crippen LogP contribution < -0.4 is 0 Å². The largest absolute Gasteiger partial charge is 0.135 e. The van der Waals surface area contributed by atoms with E-state index in [2.05, 4.69) is 208 Å². The molecule has 56 heavy (non-hydrogen) atoms. The van der Waals surface area contributed by atoms with Crippen molar-refractivity contribution in [3.63, 3.8) is 0 Å². The monoisotopic (exact) mass is 730 g/mol. The minimum Gasteiger partial charge on any atom is -0.135 e. The van der Waals surface area contributed by atoms with Crippen molar-refractivity contribution >= 4 is 63.8 Å².